The van der Waals surface area contributed by atoms with Crippen molar-refractivity contribution in [1.82, 2.24) is 25.3 Å². The van der Waals surface area contributed by atoms with Gasteiger partial charge >= 0.3 is 6.18 Å². The summed E-state index contributed by atoms with van der Waals surface area (Å²) in [5, 5.41) is 8.21. The number of hydrogen-bond acceptors (Lipinski definition) is 9. The molecule has 3 N–H and O–H groups in total. The number of nitrogens with zero attached hydrogens (tertiary/aromatic N) is 5. The van der Waals surface area contributed by atoms with Crippen molar-refractivity contribution in [2.45, 2.75) is 39.0 Å². The third kappa shape index (κ3) is 7.50. The van der Waals surface area contributed by atoms with E-state index in [0.29, 0.717) is 17.4 Å². The Morgan fingerprint density at radius 2 is 1.66 bits per heavy atom. The van der Waals surface area contributed by atoms with Crippen molar-refractivity contribution in [1.29, 1.82) is 0 Å². The fourth-order valence-electron chi connectivity index (χ4n) is 3.10. The van der Waals surface area contributed by atoms with Crippen LogP contribution in [0.1, 0.15) is 42.4 Å². The number of amides is 1. The number of anilines is 4. The van der Waals surface area contributed by atoms with Crippen LogP contribution in [0.4, 0.5) is 36.4 Å². The second-order valence-electron chi connectivity index (χ2n) is 9.27. The Labute approximate surface area is 218 Å². The Hall–Kier alpha value is -4.01. The highest BCUT2D eigenvalue weighted by Crippen LogP contribution is 2.34. The zero-order chi connectivity index (χ0) is 28.3. The lowest BCUT2D eigenvalue weighted by molar-refractivity contribution is -0.137. The van der Waals surface area contributed by atoms with Crippen LogP contribution in [0.15, 0.2) is 42.9 Å². The molecular weight excluding hydrogens is 525 g/mol. The van der Waals surface area contributed by atoms with Crippen LogP contribution in [0.2, 0.25) is 0 Å². The summed E-state index contributed by atoms with van der Waals surface area (Å²) in [4.78, 5) is 28.1. The Morgan fingerprint density at radius 1 is 1.03 bits per heavy atom. The molecule has 0 radical (unpaired) electrons. The molecule has 0 spiro atoms. The van der Waals surface area contributed by atoms with Crippen LogP contribution < -0.4 is 20.3 Å². The van der Waals surface area contributed by atoms with Gasteiger partial charge in [0.25, 0.3) is 5.91 Å². The second-order valence-corrected chi connectivity index (χ2v) is 11.3. The average Bonchev–Trinajstić information content (AvgIpc) is 2.80. The molecule has 0 unspecified atom stereocenters. The molecule has 1 aromatic carbocycles. The number of aromatic nitrogens is 4. The van der Waals surface area contributed by atoms with E-state index in [2.05, 4.69) is 35.9 Å². The van der Waals surface area contributed by atoms with E-state index >= 15 is 0 Å². The Bertz CT molecular complexity index is 1410. The molecule has 0 aliphatic rings. The van der Waals surface area contributed by atoms with Gasteiger partial charge in [-0.05, 0) is 45.0 Å². The molecule has 3 rings (SSSR count). The molecule has 2 aromatic heterocycles. The first kappa shape index (κ1) is 28.6. The number of benzene rings is 1. The molecule has 3 aromatic rings. The third-order valence-electron chi connectivity index (χ3n) is 4.96. The van der Waals surface area contributed by atoms with Gasteiger partial charge in [-0.2, -0.15) is 18.2 Å². The molecule has 0 aliphatic heterocycles. The largest absolute Gasteiger partial charge is 0.421 e. The van der Waals surface area contributed by atoms with E-state index in [1.807, 2.05) is 20.8 Å². The molecule has 38 heavy (non-hydrogen) atoms. The molecule has 0 saturated carbocycles. The maximum Gasteiger partial charge on any atom is 0.421 e. The minimum absolute atomic E-state index is 0.0425. The molecule has 15 heteroatoms. The van der Waals surface area contributed by atoms with Crippen molar-refractivity contribution in [3.05, 3.63) is 59.7 Å². The molecule has 0 bridgehead atoms. The Balaban J connectivity index is 1.84. The monoisotopic (exact) mass is 552 g/mol. The normalized spacial score (nSPS) is 12.1. The molecule has 1 amide bonds. The van der Waals surface area contributed by atoms with Crippen LogP contribution in [-0.4, -0.2) is 53.1 Å². The highest BCUT2D eigenvalue weighted by Gasteiger charge is 2.35. The molecule has 204 valence electrons. The average molecular weight is 553 g/mol. The first-order valence-corrected chi connectivity index (χ1v) is 13.0. The third-order valence-corrected chi connectivity index (χ3v) is 6.12. The second kappa shape index (κ2) is 10.8. The van der Waals surface area contributed by atoms with Crippen molar-refractivity contribution >= 4 is 39.2 Å². The summed E-state index contributed by atoms with van der Waals surface area (Å²) in [6.07, 6.45) is -0.612. The van der Waals surface area contributed by atoms with Crippen molar-refractivity contribution in [2.75, 3.05) is 28.2 Å². The van der Waals surface area contributed by atoms with Crippen molar-refractivity contribution < 1.29 is 26.4 Å². The van der Waals surface area contributed by atoms with E-state index in [-0.39, 0.29) is 29.9 Å². The predicted molar refractivity (Wildman–Crippen MR) is 137 cm³/mol. The Morgan fingerprint density at radius 3 is 2.24 bits per heavy atom. The maximum absolute atomic E-state index is 13.6. The number of rotatable bonds is 8. The maximum atomic E-state index is 13.6. The summed E-state index contributed by atoms with van der Waals surface area (Å²) in [6, 6.07) is 6.25. The lowest BCUT2D eigenvalue weighted by Gasteiger charge is -2.20. The molecule has 0 atom stereocenters. The first-order chi connectivity index (χ1) is 17.5. The number of halogens is 3. The molecule has 0 fully saturated rings. The van der Waals surface area contributed by atoms with Gasteiger partial charge in [0.2, 0.25) is 16.0 Å². The van der Waals surface area contributed by atoms with Gasteiger partial charge in [-0.3, -0.25) is 14.1 Å². The van der Waals surface area contributed by atoms with Gasteiger partial charge in [0.05, 0.1) is 12.8 Å². The number of alkyl halides is 3. The number of nitrogens with one attached hydrogen (secondary N) is 3. The van der Waals surface area contributed by atoms with Gasteiger partial charge in [0, 0.05) is 42.4 Å². The standard InChI is InChI=1S/C23H27F3N8O3S/c1-22(2,3)33-20(35)14-6-8-15(9-7-14)31-21-30-12-16(23(24,25)26)18(32-21)29-13-17-19(28-11-10-27-17)34(4)38(5,36)37/h6-12H,13H2,1-5H3,(H,33,35)(H2,29,30,31,32). The number of carbonyl (C=O) groups is 1. The van der Waals surface area contributed by atoms with E-state index in [9.17, 15) is 26.4 Å². The zero-order valence-corrected chi connectivity index (χ0v) is 22.1. The smallest absolute Gasteiger partial charge is 0.364 e. The van der Waals surface area contributed by atoms with E-state index < -0.39 is 33.1 Å². The number of carbonyl (C=O) groups excluding carboxylic acids is 1. The zero-order valence-electron chi connectivity index (χ0n) is 21.3. The van der Waals surface area contributed by atoms with Crippen LogP contribution in [-0.2, 0) is 22.7 Å². The predicted octanol–water partition coefficient (Wildman–Crippen LogP) is 3.57. The lowest BCUT2D eigenvalue weighted by atomic mass is 10.1. The molecular formula is C23H27F3N8O3S. The molecule has 0 saturated heterocycles. The SMILES string of the molecule is CN(c1nccnc1CNc1nc(Nc2ccc(C(=O)NC(C)(C)C)cc2)ncc1C(F)(F)F)S(C)(=O)=O. The lowest BCUT2D eigenvalue weighted by Crippen LogP contribution is -2.40. The van der Waals surface area contributed by atoms with Gasteiger partial charge < -0.3 is 16.0 Å². The summed E-state index contributed by atoms with van der Waals surface area (Å²) in [7, 11) is -2.43. The molecule has 11 nitrogen and oxygen atoms in total. The first-order valence-electron chi connectivity index (χ1n) is 11.2. The van der Waals surface area contributed by atoms with Crippen molar-refractivity contribution in [3.8, 4) is 0 Å². The fourth-order valence-corrected chi connectivity index (χ4v) is 3.57. The molecule has 2 heterocycles. The van der Waals surface area contributed by atoms with Crippen molar-refractivity contribution in [3.63, 3.8) is 0 Å². The summed E-state index contributed by atoms with van der Waals surface area (Å²) in [5.74, 6) is -1.000. The number of sulfonamides is 1. The van der Waals surface area contributed by atoms with E-state index in [1.54, 1.807) is 24.3 Å². The summed E-state index contributed by atoms with van der Waals surface area (Å²) in [5.41, 5.74) is -0.614. The van der Waals surface area contributed by atoms with Gasteiger partial charge in [-0.15, -0.1) is 0 Å². The van der Waals surface area contributed by atoms with E-state index in [1.165, 1.54) is 19.4 Å². The van der Waals surface area contributed by atoms with Crippen LogP contribution in [0, 0.1) is 0 Å². The van der Waals surface area contributed by atoms with E-state index in [0.717, 1.165) is 10.6 Å². The van der Waals surface area contributed by atoms with Gasteiger partial charge in [0.15, 0.2) is 5.82 Å². The van der Waals surface area contributed by atoms with Gasteiger partial charge in [0.1, 0.15) is 17.1 Å². The van der Waals surface area contributed by atoms with Crippen molar-refractivity contribution in [2.24, 2.45) is 0 Å². The van der Waals surface area contributed by atoms with Crippen LogP contribution >= 0.6 is 0 Å². The Kier molecular flexibility index (Phi) is 8.09. The fraction of sp³-hybridized carbons (Fsp3) is 0.348. The van der Waals surface area contributed by atoms with Gasteiger partial charge in [-0.1, -0.05) is 0 Å². The highest BCUT2D eigenvalue weighted by molar-refractivity contribution is 7.92. The van der Waals surface area contributed by atoms with Gasteiger partial charge in [-0.25, -0.2) is 18.4 Å². The quantitative estimate of drug-likeness (QED) is 0.382. The number of hydrogen-bond donors (Lipinski definition) is 3. The minimum Gasteiger partial charge on any atom is -0.364 e. The molecule has 0 aliphatic carbocycles. The van der Waals surface area contributed by atoms with E-state index in [4.69, 9.17) is 0 Å². The van der Waals surface area contributed by atoms with Crippen LogP contribution in [0.5, 0.6) is 0 Å². The minimum atomic E-state index is -4.77. The summed E-state index contributed by atoms with van der Waals surface area (Å²) >= 11 is 0. The van der Waals surface area contributed by atoms with Crippen LogP contribution in [0.3, 0.4) is 0 Å². The summed E-state index contributed by atoms with van der Waals surface area (Å²) < 4.78 is 65.6. The van der Waals surface area contributed by atoms with Crippen LogP contribution in [0.25, 0.3) is 0 Å². The summed E-state index contributed by atoms with van der Waals surface area (Å²) in [6.45, 7) is 5.25. The highest BCUT2D eigenvalue weighted by atomic mass is 32.2. The topological polar surface area (TPSA) is 142 Å².